The average Bonchev–Trinajstić information content (AvgIpc) is 3.00. The number of alkyl halides is 5. The van der Waals surface area contributed by atoms with E-state index < -0.39 is 59.7 Å². The number of hydrogen-bond acceptors (Lipinski definition) is 5. The zero-order valence-corrected chi connectivity index (χ0v) is 17.7. The third-order valence-electron chi connectivity index (χ3n) is 5.76. The van der Waals surface area contributed by atoms with E-state index in [9.17, 15) is 35.9 Å². The lowest BCUT2D eigenvalue weighted by atomic mass is 9.77. The van der Waals surface area contributed by atoms with E-state index in [4.69, 9.17) is 10.5 Å². The van der Waals surface area contributed by atoms with Crippen molar-refractivity contribution in [2.24, 2.45) is 11.7 Å². The number of carbonyl (C=O) groups is 2. The molecule has 2 heterocycles. The first kappa shape index (κ1) is 25.3. The number of aromatic nitrogens is 1. The molecule has 7 nitrogen and oxygen atoms in total. The van der Waals surface area contributed by atoms with Crippen LogP contribution in [-0.4, -0.2) is 41.3 Å². The molecular weight excluding hydrogens is 472 g/mol. The fraction of sp³-hybridized carbons (Fsp3) is 0.381. The standard InChI is InChI=1S/C21H19F6N3O4/c1-9-15(12-4-3-10(22)7-14(12)33-19(23)24)16(34-20(9,2)21(25,26)27)18(32)30-11-5-6-29-13(8-11)17(28)31/h3-9,15-16,19H,1-2H3,(H2,28,31)(H,29,30,32)/t9-,15+,16-,20+/m0/s1. The van der Waals surface area contributed by atoms with Crippen molar-refractivity contribution in [3.8, 4) is 5.75 Å². The van der Waals surface area contributed by atoms with Gasteiger partial charge in [0.25, 0.3) is 11.8 Å². The van der Waals surface area contributed by atoms with Crippen molar-refractivity contribution in [1.29, 1.82) is 0 Å². The second-order valence-electron chi connectivity index (χ2n) is 7.80. The van der Waals surface area contributed by atoms with Crippen LogP contribution in [0.4, 0.5) is 32.0 Å². The summed E-state index contributed by atoms with van der Waals surface area (Å²) in [6, 6.07) is 4.76. The number of halogens is 6. The summed E-state index contributed by atoms with van der Waals surface area (Å²) in [6.45, 7) is -1.53. The van der Waals surface area contributed by atoms with Crippen molar-refractivity contribution in [3.05, 3.63) is 53.6 Å². The summed E-state index contributed by atoms with van der Waals surface area (Å²) in [5.74, 6) is -6.62. The zero-order chi connectivity index (χ0) is 25.4. The van der Waals surface area contributed by atoms with Crippen LogP contribution in [0.2, 0.25) is 0 Å². The highest BCUT2D eigenvalue weighted by Crippen LogP contribution is 2.54. The van der Waals surface area contributed by atoms with Crippen molar-refractivity contribution in [3.63, 3.8) is 0 Å². The van der Waals surface area contributed by atoms with Gasteiger partial charge in [0.2, 0.25) is 0 Å². The van der Waals surface area contributed by atoms with Crippen molar-refractivity contribution >= 4 is 17.5 Å². The van der Waals surface area contributed by atoms with E-state index in [2.05, 4.69) is 15.0 Å². The highest BCUT2D eigenvalue weighted by Gasteiger charge is 2.65. The number of nitrogens with one attached hydrogen (secondary N) is 1. The predicted molar refractivity (Wildman–Crippen MR) is 106 cm³/mol. The Kier molecular flexibility index (Phi) is 6.78. The first-order valence-electron chi connectivity index (χ1n) is 9.80. The molecule has 13 heteroatoms. The summed E-state index contributed by atoms with van der Waals surface area (Å²) in [5.41, 5.74) is 1.77. The van der Waals surface area contributed by atoms with E-state index in [0.29, 0.717) is 6.07 Å². The molecule has 2 aromatic rings. The van der Waals surface area contributed by atoms with Crippen LogP contribution >= 0.6 is 0 Å². The Bertz CT molecular complexity index is 1100. The highest BCUT2D eigenvalue weighted by molar-refractivity contribution is 5.97. The molecule has 0 saturated carbocycles. The zero-order valence-electron chi connectivity index (χ0n) is 17.7. The monoisotopic (exact) mass is 491 g/mol. The van der Waals surface area contributed by atoms with Gasteiger partial charge in [-0.1, -0.05) is 13.0 Å². The molecule has 0 unspecified atom stereocenters. The number of primary amides is 1. The van der Waals surface area contributed by atoms with Crippen molar-refractivity contribution in [2.75, 3.05) is 5.32 Å². The van der Waals surface area contributed by atoms with Crippen LogP contribution in [0, 0.1) is 11.7 Å². The number of anilines is 1. The van der Waals surface area contributed by atoms with Gasteiger partial charge in [0.1, 0.15) is 23.4 Å². The number of pyridine rings is 1. The number of nitrogens with zero attached hydrogens (tertiary/aromatic N) is 1. The molecule has 184 valence electrons. The molecule has 1 saturated heterocycles. The van der Waals surface area contributed by atoms with Gasteiger partial charge in [-0.25, -0.2) is 4.39 Å². The van der Waals surface area contributed by atoms with Crippen LogP contribution in [0.5, 0.6) is 5.75 Å². The summed E-state index contributed by atoms with van der Waals surface area (Å²) in [4.78, 5) is 28.0. The SMILES string of the molecule is C[C@H]1[C@H](c2ccc(F)cc2OC(F)F)[C@@H](C(=O)Nc2ccnc(C(N)=O)c2)O[C@@]1(C)C(F)(F)F. The quantitative estimate of drug-likeness (QED) is 0.595. The van der Waals surface area contributed by atoms with Gasteiger partial charge in [-0.05, 0) is 25.1 Å². The second kappa shape index (κ2) is 9.12. The molecule has 1 fully saturated rings. The van der Waals surface area contributed by atoms with Gasteiger partial charge < -0.3 is 20.5 Å². The number of rotatable bonds is 6. The molecule has 1 aliphatic rings. The van der Waals surface area contributed by atoms with Crippen LogP contribution in [0.3, 0.4) is 0 Å². The van der Waals surface area contributed by atoms with E-state index in [-0.39, 0.29) is 16.9 Å². The predicted octanol–water partition coefficient (Wildman–Crippen LogP) is 4.00. The minimum Gasteiger partial charge on any atom is -0.434 e. The Hall–Kier alpha value is -3.35. The van der Waals surface area contributed by atoms with E-state index in [1.165, 1.54) is 6.07 Å². The van der Waals surface area contributed by atoms with Crippen molar-refractivity contribution in [2.45, 2.75) is 44.3 Å². The number of amides is 2. The molecule has 2 amide bonds. The molecule has 4 atom stereocenters. The Morgan fingerprint density at radius 3 is 2.50 bits per heavy atom. The smallest absolute Gasteiger partial charge is 0.417 e. The maximum Gasteiger partial charge on any atom is 0.417 e. The summed E-state index contributed by atoms with van der Waals surface area (Å²) < 4.78 is 90.9. The number of benzene rings is 1. The lowest BCUT2D eigenvalue weighted by Gasteiger charge is -2.32. The van der Waals surface area contributed by atoms with Gasteiger partial charge in [0.05, 0.1) is 0 Å². The fourth-order valence-corrected chi connectivity index (χ4v) is 3.86. The Morgan fingerprint density at radius 1 is 1.24 bits per heavy atom. The van der Waals surface area contributed by atoms with E-state index in [1.807, 2.05) is 0 Å². The maximum absolute atomic E-state index is 13.9. The van der Waals surface area contributed by atoms with Crippen LogP contribution in [0.1, 0.15) is 35.8 Å². The number of ether oxygens (including phenoxy) is 2. The number of nitrogens with two attached hydrogens (primary N) is 1. The van der Waals surface area contributed by atoms with Gasteiger partial charge in [-0.2, -0.15) is 22.0 Å². The molecule has 0 radical (unpaired) electrons. The topological polar surface area (TPSA) is 104 Å². The second-order valence-corrected chi connectivity index (χ2v) is 7.80. The highest BCUT2D eigenvalue weighted by atomic mass is 19.4. The van der Waals surface area contributed by atoms with Crippen LogP contribution in [0.25, 0.3) is 0 Å². The van der Waals surface area contributed by atoms with Crippen LogP contribution in [-0.2, 0) is 9.53 Å². The van der Waals surface area contributed by atoms with Crippen LogP contribution in [0.15, 0.2) is 36.5 Å². The minimum atomic E-state index is -4.95. The molecule has 1 aromatic carbocycles. The van der Waals surface area contributed by atoms with Crippen molar-refractivity contribution in [1.82, 2.24) is 4.98 Å². The van der Waals surface area contributed by atoms with Gasteiger partial charge in [-0.15, -0.1) is 0 Å². The number of carbonyl (C=O) groups excluding carboxylic acids is 2. The minimum absolute atomic E-state index is 0.0208. The van der Waals surface area contributed by atoms with Gasteiger partial charge >= 0.3 is 12.8 Å². The molecule has 0 spiro atoms. The summed E-state index contributed by atoms with van der Waals surface area (Å²) >= 11 is 0. The summed E-state index contributed by atoms with van der Waals surface area (Å²) in [5, 5.41) is 2.32. The summed E-state index contributed by atoms with van der Waals surface area (Å²) in [6.07, 6.45) is -5.66. The van der Waals surface area contributed by atoms with E-state index in [1.54, 1.807) is 0 Å². The third-order valence-corrected chi connectivity index (χ3v) is 5.76. The number of hydrogen-bond donors (Lipinski definition) is 2. The van der Waals surface area contributed by atoms with Gasteiger partial charge in [-0.3, -0.25) is 14.6 Å². The Morgan fingerprint density at radius 2 is 1.91 bits per heavy atom. The molecule has 3 N–H and O–H groups in total. The maximum atomic E-state index is 13.9. The van der Waals surface area contributed by atoms with Gasteiger partial charge in [0.15, 0.2) is 5.60 Å². The average molecular weight is 491 g/mol. The molecule has 0 bridgehead atoms. The lowest BCUT2D eigenvalue weighted by molar-refractivity contribution is -0.272. The summed E-state index contributed by atoms with van der Waals surface area (Å²) in [7, 11) is 0. The van der Waals surface area contributed by atoms with E-state index >= 15 is 0 Å². The molecule has 1 aliphatic heterocycles. The molecule has 0 aliphatic carbocycles. The first-order chi connectivity index (χ1) is 15.7. The van der Waals surface area contributed by atoms with Gasteiger partial charge in [0, 0.05) is 35.3 Å². The Balaban J connectivity index is 2.06. The normalized spacial score (nSPS) is 24.8. The third kappa shape index (κ3) is 4.79. The molecular formula is C21H19F6N3O4. The molecule has 3 rings (SSSR count). The van der Waals surface area contributed by atoms with Crippen LogP contribution < -0.4 is 15.8 Å². The fourth-order valence-electron chi connectivity index (χ4n) is 3.86. The van der Waals surface area contributed by atoms with Crippen molar-refractivity contribution < 1.29 is 45.4 Å². The first-order valence-corrected chi connectivity index (χ1v) is 9.80. The molecule has 1 aromatic heterocycles. The Labute approximate surface area is 189 Å². The van der Waals surface area contributed by atoms with E-state index in [0.717, 1.165) is 38.2 Å². The molecule has 34 heavy (non-hydrogen) atoms. The largest absolute Gasteiger partial charge is 0.434 e. The lowest BCUT2D eigenvalue weighted by Crippen LogP contribution is -2.47.